The third kappa shape index (κ3) is 0.980. The second-order valence-corrected chi connectivity index (χ2v) is 3.36. The molecule has 0 aromatic carbocycles. The fourth-order valence-electron chi connectivity index (χ4n) is 0.471. The Bertz CT molecular complexity index is 171. The van der Waals surface area contributed by atoms with E-state index in [9.17, 15) is 0 Å². The molecule has 0 amide bonds. The summed E-state index contributed by atoms with van der Waals surface area (Å²) in [5.74, 6) is 0. The third-order valence-electron chi connectivity index (χ3n) is 0.844. The monoisotopic (exact) mass is 145 g/mol. The molecule has 0 fully saturated rings. The van der Waals surface area contributed by atoms with E-state index in [4.69, 9.17) is 5.73 Å². The summed E-state index contributed by atoms with van der Waals surface area (Å²) in [6, 6.07) is 1.93. The second kappa shape index (κ2) is 2.42. The fourth-order valence-corrected chi connectivity index (χ4v) is 1.87. The summed E-state index contributed by atoms with van der Waals surface area (Å²) in [7, 11) is 0. The van der Waals surface area contributed by atoms with Crippen LogP contribution < -0.4 is 5.73 Å². The molecule has 0 aliphatic rings. The van der Waals surface area contributed by atoms with Crippen LogP contribution in [0.25, 0.3) is 0 Å². The van der Waals surface area contributed by atoms with E-state index in [-0.39, 0.29) is 0 Å². The Labute approximate surface area is 56.9 Å². The van der Waals surface area contributed by atoms with Crippen LogP contribution in [0.2, 0.25) is 0 Å². The van der Waals surface area contributed by atoms with Crippen molar-refractivity contribution in [3.05, 3.63) is 11.4 Å². The van der Waals surface area contributed by atoms with Crippen molar-refractivity contribution >= 4 is 28.8 Å². The molecule has 1 rings (SSSR count). The molecule has 0 aliphatic carbocycles. The highest BCUT2D eigenvalue weighted by molar-refractivity contribution is 8.00. The van der Waals surface area contributed by atoms with Crippen LogP contribution in [0.1, 0.15) is 0 Å². The summed E-state index contributed by atoms with van der Waals surface area (Å²) in [5, 5.41) is 2.00. The van der Waals surface area contributed by atoms with Gasteiger partial charge in [-0.3, -0.25) is 0 Å². The Kier molecular flexibility index (Phi) is 1.81. The number of thiophene rings is 1. The zero-order valence-electron chi connectivity index (χ0n) is 4.55. The molecule has 1 aromatic heterocycles. The van der Waals surface area contributed by atoms with E-state index < -0.39 is 0 Å². The van der Waals surface area contributed by atoms with E-state index in [1.54, 1.807) is 23.1 Å². The number of nitrogens with two attached hydrogens (primary N) is 1. The average molecular weight is 145 g/mol. The van der Waals surface area contributed by atoms with Crippen molar-refractivity contribution in [2.45, 2.75) is 4.21 Å². The Balaban J connectivity index is 2.92. The summed E-state index contributed by atoms with van der Waals surface area (Å²) in [4.78, 5) is 0. The first-order valence-corrected chi connectivity index (χ1v) is 4.32. The van der Waals surface area contributed by atoms with Crippen LogP contribution in [0.15, 0.2) is 15.7 Å². The van der Waals surface area contributed by atoms with Gasteiger partial charge in [-0.15, -0.1) is 23.1 Å². The maximum atomic E-state index is 5.54. The first-order valence-electron chi connectivity index (χ1n) is 2.21. The number of anilines is 1. The lowest BCUT2D eigenvalue weighted by molar-refractivity contribution is 1.70. The van der Waals surface area contributed by atoms with Gasteiger partial charge in [0.15, 0.2) is 0 Å². The predicted molar refractivity (Wildman–Crippen MR) is 40.5 cm³/mol. The van der Waals surface area contributed by atoms with Gasteiger partial charge in [-0.05, 0) is 17.7 Å². The Morgan fingerprint density at radius 3 is 2.75 bits per heavy atom. The molecule has 0 saturated heterocycles. The molecule has 0 atom stereocenters. The van der Waals surface area contributed by atoms with Gasteiger partial charge in [0.25, 0.3) is 0 Å². The van der Waals surface area contributed by atoms with Crippen molar-refractivity contribution in [3.8, 4) is 0 Å². The smallest absolute Gasteiger partial charge is 0.0825 e. The molecule has 0 radical (unpaired) electrons. The molecule has 1 nitrogen and oxygen atoms in total. The van der Waals surface area contributed by atoms with Crippen molar-refractivity contribution < 1.29 is 0 Å². The molecular formula is C5H7NS2. The lowest BCUT2D eigenvalue weighted by Crippen LogP contribution is -1.79. The second-order valence-electron chi connectivity index (χ2n) is 1.37. The number of thioether (sulfide) groups is 1. The van der Waals surface area contributed by atoms with Gasteiger partial charge in [-0.2, -0.15) is 0 Å². The van der Waals surface area contributed by atoms with E-state index in [0.717, 1.165) is 5.69 Å². The molecule has 2 N–H and O–H groups in total. The van der Waals surface area contributed by atoms with Crippen LogP contribution in [0.3, 0.4) is 0 Å². The van der Waals surface area contributed by atoms with Gasteiger partial charge in [0, 0.05) is 0 Å². The van der Waals surface area contributed by atoms with Crippen LogP contribution in [-0.2, 0) is 0 Å². The summed E-state index contributed by atoms with van der Waals surface area (Å²) in [5.41, 5.74) is 6.45. The highest BCUT2D eigenvalue weighted by Crippen LogP contribution is 2.27. The molecule has 1 aromatic rings. The molecule has 0 aliphatic heterocycles. The Morgan fingerprint density at radius 1 is 1.75 bits per heavy atom. The van der Waals surface area contributed by atoms with Gasteiger partial charge in [0.05, 0.1) is 9.90 Å². The van der Waals surface area contributed by atoms with Crippen LogP contribution in [0.4, 0.5) is 5.69 Å². The minimum atomic E-state index is 0.905. The van der Waals surface area contributed by atoms with Gasteiger partial charge in [-0.25, -0.2) is 0 Å². The number of rotatable bonds is 1. The normalized spacial score (nSPS) is 9.62. The highest BCUT2D eigenvalue weighted by Gasteiger charge is 1.94. The molecule has 3 heteroatoms. The van der Waals surface area contributed by atoms with Crippen LogP contribution >= 0.6 is 23.1 Å². The zero-order valence-corrected chi connectivity index (χ0v) is 6.18. The number of nitrogen functional groups attached to an aromatic ring is 1. The molecule has 0 unspecified atom stereocenters. The summed E-state index contributed by atoms with van der Waals surface area (Å²) in [6.45, 7) is 0. The molecule has 1 heterocycles. The lowest BCUT2D eigenvalue weighted by atomic mass is 10.6. The molecule has 0 spiro atoms. The fraction of sp³-hybridized carbons (Fsp3) is 0.200. The van der Waals surface area contributed by atoms with Gasteiger partial charge in [0.1, 0.15) is 0 Å². The van der Waals surface area contributed by atoms with Crippen molar-refractivity contribution in [3.63, 3.8) is 0 Å². The van der Waals surface area contributed by atoms with Crippen molar-refractivity contribution in [2.75, 3.05) is 12.0 Å². The average Bonchev–Trinajstić information content (AvgIpc) is 2.14. The minimum Gasteiger partial charge on any atom is -0.397 e. The number of hydrogen-bond donors (Lipinski definition) is 1. The molecule has 0 saturated carbocycles. The van der Waals surface area contributed by atoms with Gasteiger partial charge in [-0.1, -0.05) is 0 Å². The van der Waals surface area contributed by atoms with Crippen molar-refractivity contribution in [1.82, 2.24) is 0 Å². The van der Waals surface area contributed by atoms with Gasteiger partial charge in [0.2, 0.25) is 0 Å². The Morgan fingerprint density at radius 2 is 2.50 bits per heavy atom. The zero-order chi connectivity index (χ0) is 5.98. The van der Waals surface area contributed by atoms with E-state index in [1.165, 1.54) is 4.21 Å². The standard InChI is InChI=1S/C5H7NS2/c1-7-5-4(6)2-3-8-5/h2-3H,6H2,1H3. The molecule has 0 bridgehead atoms. The maximum Gasteiger partial charge on any atom is 0.0825 e. The molecule has 44 valence electrons. The predicted octanol–water partition coefficient (Wildman–Crippen LogP) is 2.05. The maximum absolute atomic E-state index is 5.54. The van der Waals surface area contributed by atoms with Crippen molar-refractivity contribution in [2.24, 2.45) is 0 Å². The molecular weight excluding hydrogens is 138 g/mol. The Hall–Kier alpha value is -0.150. The largest absolute Gasteiger partial charge is 0.397 e. The summed E-state index contributed by atoms with van der Waals surface area (Å²) in [6.07, 6.45) is 2.03. The van der Waals surface area contributed by atoms with E-state index >= 15 is 0 Å². The minimum absolute atomic E-state index is 0.905. The summed E-state index contributed by atoms with van der Waals surface area (Å²) >= 11 is 3.38. The van der Waals surface area contributed by atoms with Crippen LogP contribution in [0.5, 0.6) is 0 Å². The van der Waals surface area contributed by atoms with Crippen LogP contribution in [-0.4, -0.2) is 6.26 Å². The topological polar surface area (TPSA) is 26.0 Å². The van der Waals surface area contributed by atoms with Gasteiger partial charge >= 0.3 is 0 Å². The number of hydrogen-bond acceptors (Lipinski definition) is 3. The van der Waals surface area contributed by atoms with E-state index in [2.05, 4.69) is 0 Å². The quantitative estimate of drug-likeness (QED) is 0.612. The van der Waals surface area contributed by atoms with E-state index in [1.807, 2.05) is 17.7 Å². The highest BCUT2D eigenvalue weighted by atomic mass is 32.2. The van der Waals surface area contributed by atoms with Crippen molar-refractivity contribution in [1.29, 1.82) is 0 Å². The SMILES string of the molecule is CSc1sccc1N. The third-order valence-corrected chi connectivity index (χ3v) is 2.96. The lowest BCUT2D eigenvalue weighted by Gasteiger charge is -1.87. The summed E-state index contributed by atoms with van der Waals surface area (Å²) < 4.78 is 1.21. The van der Waals surface area contributed by atoms with E-state index in [0.29, 0.717) is 0 Å². The molecule has 8 heavy (non-hydrogen) atoms. The first-order chi connectivity index (χ1) is 3.84. The van der Waals surface area contributed by atoms with Gasteiger partial charge < -0.3 is 5.73 Å². The van der Waals surface area contributed by atoms with Crippen LogP contribution in [0, 0.1) is 0 Å². The first kappa shape index (κ1) is 5.98.